The van der Waals surface area contributed by atoms with Gasteiger partial charge >= 0.3 is 6.09 Å². The first-order valence-electron chi connectivity index (χ1n) is 11.3. The quantitative estimate of drug-likeness (QED) is 0.490. The van der Waals surface area contributed by atoms with Gasteiger partial charge in [0.1, 0.15) is 11.3 Å². The second kappa shape index (κ2) is 8.62. The van der Waals surface area contributed by atoms with E-state index in [1.54, 1.807) is 30.5 Å². The molecule has 1 fully saturated rings. The third-order valence-corrected chi connectivity index (χ3v) is 7.64. The summed E-state index contributed by atoms with van der Waals surface area (Å²) in [4.78, 5) is 24.7. The number of carbonyl (C=O) groups is 1. The Labute approximate surface area is 204 Å². The van der Waals surface area contributed by atoms with Crippen LogP contribution in [0.5, 0.6) is 11.5 Å². The Morgan fingerprint density at radius 1 is 1.14 bits per heavy atom. The minimum absolute atomic E-state index is 0.262. The van der Waals surface area contributed by atoms with Crippen molar-refractivity contribution in [1.82, 2.24) is 15.3 Å². The van der Waals surface area contributed by atoms with E-state index >= 15 is 0 Å². The maximum absolute atomic E-state index is 14.5. The number of benzene rings is 1. The van der Waals surface area contributed by atoms with Gasteiger partial charge < -0.3 is 14.6 Å². The van der Waals surface area contributed by atoms with Crippen molar-refractivity contribution in [3.63, 3.8) is 0 Å². The maximum atomic E-state index is 14.5. The van der Waals surface area contributed by atoms with E-state index in [1.165, 1.54) is 18.0 Å². The molecule has 1 unspecified atom stereocenters. The number of thioether (sulfide) groups is 1. The smallest absolute Gasteiger partial charge is 0.410 e. The van der Waals surface area contributed by atoms with Crippen LogP contribution in [-0.4, -0.2) is 45.3 Å². The summed E-state index contributed by atoms with van der Waals surface area (Å²) in [6.45, 7) is 1.38. The number of amidine groups is 1. The van der Waals surface area contributed by atoms with E-state index in [4.69, 9.17) is 14.5 Å². The Morgan fingerprint density at radius 2 is 1.97 bits per heavy atom. The van der Waals surface area contributed by atoms with E-state index < -0.39 is 17.6 Å². The molecule has 35 heavy (non-hydrogen) atoms. The van der Waals surface area contributed by atoms with Crippen LogP contribution in [0, 0.1) is 5.95 Å². The zero-order valence-corrected chi connectivity index (χ0v) is 19.3. The molecule has 3 aliphatic heterocycles. The van der Waals surface area contributed by atoms with Gasteiger partial charge in [0.25, 0.3) is 0 Å². The van der Waals surface area contributed by atoms with Crippen LogP contribution in [0.15, 0.2) is 53.8 Å². The van der Waals surface area contributed by atoms with Gasteiger partial charge in [-0.2, -0.15) is 4.39 Å². The summed E-state index contributed by atoms with van der Waals surface area (Å²) >= 11 is 1.33. The summed E-state index contributed by atoms with van der Waals surface area (Å²) in [6, 6.07) is 10.8. The third kappa shape index (κ3) is 3.82. The van der Waals surface area contributed by atoms with E-state index in [9.17, 15) is 14.3 Å². The van der Waals surface area contributed by atoms with Crippen LogP contribution in [0.4, 0.5) is 9.18 Å². The molecule has 0 radical (unpaired) electrons. The minimum atomic E-state index is -1.18. The van der Waals surface area contributed by atoms with Gasteiger partial charge in [-0.1, -0.05) is 17.8 Å². The van der Waals surface area contributed by atoms with Crippen LogP contribution in [0.3, 0.4) is 0 Å². The zero-order chi connectivity index (χ0) is 24.0. The van der Waals surface area contributed by atoms with Crippen molar-refractivity contribution in [2.75, 3.05) is 19.0 Å². The molecular weight excluding hydrogens is 471 g/mol. The van der Waals surface area contributed by atoms with Crippen molar-refractivity contribution in [2.45, 2.75) is 24.3 Å². The van der Waals surface area contributed by atoms with Gasteiger partial charge in [-0.25, -0.2) is 14.8 Å². The second-order valence-corrected chi connectivity index (χ2v) is 9.61. The molecule has 8 nitrogen and oxygen atoms in total. The standard InChI is InChI=1S/C25H21FN4O4S/c26-22-16(2-1-7-27-22)15-3-4-20-17(10-15)25(13-35-23(30-25)29-24(31)32)18-11-19(28-12-21(18)34-20)14-5-8-33-9-6-14/h1-4,7,10-12,14H,5-6,8-9,13H2,(H,29,30)(H,31,32). The molecule has 0 aliphatic carbocycles. The number of hydrogen-bond donors (Lipinski definition) is 2. The number of ether oxygens (including phenoxy) is 2. The fraction of sp³-hybridized carbons (Fsp3) is 0.280. The van der Waals surface area contributed by atoms with Crippen LogP contribution in [0.25, 0.3) is 11.1 Å². The molecule has 2 N–H and O–H groups in total. The first-order chi connectivity index (χ1) is 17.0. The molecule has 178 valence electrons. The number of nitrogens with zero attached hydrogens (tertiary/aromatic N) is 3. The van der Waals surface area contributed by atoms with Crippen molar-refractivity contribution in [3.8, 4) is 22.6 Å². The molecule has 3 aromatic rings. The van der Waals surface area contributed by atoms with E-state index in [-0.39, 0.29) is 5.92 Å². The second-order valence-electron chi connectivity index (χ2n) is 8.64. The predicted molar refractivity (Wildman–Crippen MR) is 129 cm³/mol. The summed E-state index contributed by atoms with van der Waals surface area (Å²) in [5, 5.41) is 12.0. The van der Waals surface area contributed by atoms with Gasteiger partial charge in [0.2, 0.25) is 5.95 Å². The lowest BCUT2D eigenvalue weighted by atomic mass is 9.80. The number of nitrogens with one attached hydrogen (secondary N) is 1. The number of amides is 1. The molecule has 3 aliphatic rings. The van der Waals surface area contributed by atoms with Crippen molar-refractivity contribution in [2.24, 2.45) is 4.99 Å². The average molecular weight is 493 g/mol. The van der Waals surface area contributed by atoms with Crippen molar-refractivity contribution in [3.05, 3.63) is 71.6 Å². The Balaban J connectivity index is 1.52. The molecule has 2 aromatic heterocycles. The molecule has 1 spiro atoms. The molecule has 1 atom stereocenters. The highest BCUT2D eigenvalue weighted by Gasteiger charge is 2.47. The first-order valence-corrected chi connectivity index (χ1v) is 12.3. The highest BCUT2D eigenvalue weighted by molar-refractivity contribution is 8.14. The maximum Gasteiger partial charge on any atom is 0.410 e. The molecule has 0 saturated carbocycles. The van der Waals surface area contributed by atoms with E-state index in [0.29, 0.717) is 46.8 Å². The first kappa shape index (κ1) is 22.0. The van der Waals surface area contributed by atoms with Gasteiger partial charge in [0.15, 0.2) is 10.9 Å². The normalized spacial score (nSPS) is 21.1. The lowest BCUT2D eigenvalue weighted by molar-refractivity contribution is 0.0844. The van der Waals surface area contributed by atoms with E-state index in [0.717, 1.165) is 29.7 Å². The Bertz CT molecular complexity index is 1360. The van der Waals surface area contributed by atoms with Crippen LogP contribution >= 0.6 is 11.8 Å². The average Bonchev–Trinajstić information content (AvgIpc) is 3.28. The molecule has 1 amide bonds. The number of hydrogen-bond acceptors (Lipinski definition) is 7. The summed E-state index contributed by atoms with van der Waals surface area (Å²) in [7, 11) is 0. The van der Waals surface area contributed by atoms with Crippen LogP contribution in [0.1, 0.15) is 35.6 Å². The van der Waals surface area contributed by atoms with Crippen molar-refractivity contribution < 1.29 is 23.8 Å². The van der Waals surface area contributed by atoms with Crippen LogP contribution in [-0.2, 0) is 10.3 Å². The highest BCUT2D eigenvalue weighted by Crippen LogP contribution is 2.54. The summed E-state index contributed by atoms with van der Waals surface area (Å²) in [5.74, 6) is 1.31. The lowest BCUT2D eigenvalue weighted by Gasteiger charge is -2.35. The van der Waals surface area contributed by atoms with Crippen molar-refractivity contribution in [1.29, 1.82) is 0 Å². The number of carboxylic acid groups (broad SMARTS) is 1. The number of halogens is 1. The Kier molecular flexibility index (Phi) is 5.42. The van der Waals surface area contributed by atoms with Gasteiger partial charge in [-0.05, 0) is 48.7 Å². The summed E-state index contributed by atoms with van der Waals surface area (Å²) < 4.78 is 26.3. The van der Waals surface area contributed by atoms with Gasteiger partial charge in [0.05, 0.1) is 6.20 Å². The Morgan fingerprint density at radius 3 is 2.77 bits per heavy atom. The molecule has 0 bridgehead atoms. The van der Waals surface area contributed by atoms with Gasteiger partial charge in [0, 0.05) is 53.5 Å². The van der Waals surface area contributed by atoms with Crippen LogP contribution in [0.2, 0.25) is 0 Å². The molecule has 1 saturated heterocycles. The lowest BCUT2D eigenvalue weighted by Crippen LogP contribution is -2.31. The SMILES string of the molecule is O=C(O)NC1=NC2(CS1)c1cc(-c3cccnc3F)ccc1Oc1cnc(C3CCOCC3)cc12. The fourth-order valence-electron chi connectivity index (χ4n) is 4.90. The van der Waals surface area contributed by atoms with E-state index in [2.05, 4.69) is 15.3 Å². The largest absolute Gasteiger partial charge is 0.465 e. The van der Waals surface area contributed by atoms with Gasteiger partial charge in [-0.15, -0.1) is 0 Å². The summed E-state index contributed by atoms with van der Waals surface area (Å²) in [5.41, 5.74) is 2.59. The Hall–Kier alpha value is -3.50. The summed E-state index contributed by atoms with van der Waals surface area (Å²) in [6.07, 6.45) is 3.71. The predicted octanol–water partition coefficient (Wildman–Crippen LogP) is 4.90. The number of aliphatic imine (C=N–C) groups is 1. The number of pyridine rings is 2. The topological polar surface area (TPSA) is 106 Å². The number of rotatable bonds is 2. The molecular formula is C25H21FN4O4S. The number of aromatic nitrogens is 2. The molecule has 5 heterocycles. The van der Waals surface area contributed by atoms with Crippen molar-refractivity contribution >= 4 is 23.0 Å². The molecule has 6 rings (SSSR count). The number of fused-ring (bicyclic) bond motifs is 4. The molecule has 10 heteroatoms. The molecule has 1 aromatic carbocycles. The highest BCUT2D eigenvalue weighted by atomic mass is 32.2. The third-order valence-electron chi connectivity index (χ3n) is 6.61. The zero-order valence-electron chi connectivity index (χ0n) is 18.5. The fourth-order valence-corrected chi connectivity index (χ4v) is 6.00. The van der Waals surface area contributed by atoms with Crippen LogP contribution < -0.4 is 10.1 Å². The van der Waals surface area contributed by atoms with Gasteiger partial charge in [-0.3, -0.25) is 10.3 Å². The van der Waals surface area contributed by atoms with E-state index in [1.807, 2.05) is 12.1 Å². The monoisotopic (exact) mass is 492 g/mol. The minimum Gasteiger partial charge on any atom is -0.465 e.